The number of fused-ring (bicyclic) bond motifs is 2. The van der Waals surface area contributed by atoms with E-state index < -0.39 is 0 Å². The van der Waals surface area contributed by atoms with Gasteiger partial charge in [-0.2, -0.15) is 0 Å². The van der Waals surface area contributed by atoms with Crippen molar-refractivity contribution in [2.24, 2.45) is 28.6 Å². The van der Waals surface area contributed by atoms with Gasteiger partial charge in [0.25, 0.3) is 0 Å². The zero-order chi connectivity index (χ0) is 10.8. The van der Waals surface area contributed by atoms with Gasteiger partial charge in [-0.25, -0.2) is 5.84 Å². The van der Waals surface area contributed by atoms with Gasteiger partial charge in [0.1, 0.15) is 5.84 Å². The molecule has 3 nitrogen and oxygen atoms in total. The fourth-order valence-electron chi connectivity index (χ4n) is 3.34. The highest BCUT2D eigenvalue weighted by Gasteiger charge is 2.39. The maximum absolute atomic E-state index is 5.52. The van der Waals surface area contributed by atoms with Crippen LogP contribution in [0.25, 0.3) is 0 Å². The molecule has 0 aliphatic heterocycles. The van der Waals surface area contributed by atoms with Crippen LogP contribution >= 0.6 is 0 Å². The zero-order valence-electron chi connectivity index (χ0n) is 9.87. The predicted molar refractivity (Wildman–Crippen MR) is 63.4 cm³/mol. The Labute approximate surface area is 92.5 Å². The molecule has 3 atom stereocenters. The fourth-order valence-corrected chi connectivity index (χ4v) is 3.34. The van der Waals surface area contributed by atoms with Gasteiger partial charge in [0.2, 0.25) is 0 Å². The lowest BCUT2D eigenvalue weighted by atomic mass is 9.86. The Bertz CT molecular complexity index is 247. The maximum Gasteiger partial charge on any atom is 0.111 e. The predicted octanol–water partition coefficient (Wildman–Crippen LogP) is 2.08. The smallest absolute Gasteiger partial charge is 0.111 e. The fraction of sp³-hybridized carbons (Fsp3) is 0.917. The van der Waals surface area contributed by atoms with Crippen molar-refractivity contribution in [3.8, 4) is 0 Å². The van der Waals surface area contributed by atoms with Crippen LogP contribution in [0.5, 0.6) is 0 Å². The minimum absolute atomic E-state index is 0.342. The number of hydrogen-bond donors (Lipinski definition) is 2. The van der Waals surface area contributed by atoms with Gasteiger partial charge in [0.05, 0.1) is 0 Å². The van der Waals surface area contributed by atoms with E-state index in [-0.39, 0.29) is 0 Å². The summed E-state index contributed by atoms with van der Waals surface area (Å²) in [5.74, 6) is 9.33. The molecule has 2 saturated carbocycles. The Morgan fingerprint density at radius 2 is 2.20 bits per heavy atom. The van der Waals surface area contributed by atoms with Gasteiger partial charge in [0.15, 0.2) is 0 Å². The molecule has 0 aromatic heterocycles. The molecule has 0 radical (unpaired) electrons. The summed E-state index contributed by atoms with van der Waals surface area (Å²) in [7, 11) is 0. The van der Waals surface area contributed by atoms with E-state index in [0.717, 1.165) is 30.0 Å². The molecule has 2 fully saturated rings. The molecule has 2 aliphatic rings. The van der Waals surface area contributed by atoms with E-state index in [1.165, 1.54) is 25.7 Å². The molecule has 2 aliphatic carbocycles. The van der Waals surface area contributed by atoms with Crippen LogP contribution < -0.4 is 11.3 Å². The Balaban J connectivity index is 1.90. The van der Waals surface area contributed by atoms with Crippen molar-refractivity contribution in [3.05, 3.63) is 0 Å². The van der Waals surface area contributed by atoms with Gasteiger partial charge in [-0.05, 0) is 50.9 Å². The monoisotopic (exact) mass is 209 g/mol. The summed E-state index contributed by atoms with van der Waals surface area (Å²) in [6.45, 7) is 4.19. The van der Waals surface area contributed by atoms with Gasteiger partial charge in [-0.1, -0.05) is 6.42 Å². The van der Waals surface area contributed by atoms with Crippen molar-refractivity contribution in [3.63, 3.8) is 0 Å². The average molecular weight is 209 g/mol. The molecular formula is C12H23N3. The van der Waals surface area contributed by atoms with Crippen molar-refractivity contribution in [1.82, 2.24) is 5.43 Å². The van der Waals surface area contributed by atoms with E-state index >= 15 is 0 Å². The lowest BCUT2D eigenvalue weighted by Crippen LogP contribution is -2.33. The number of nitrogens with two attached hydrogens (primary N) is 1. The second kappa shape index (κ2) is 4.52. The Hall–Kier alpha value is -0.570. The molecule has 0 spiro atoms. The first-order chi connectivity index (χ1) is 7.19. The van der Waals surface area contributed by atoms with Crippen LogP contribution in [0.15, 0.2) is 4.99 Å². The van der Waals surface area contributed by atoms with E-state index in [9.17, 15) is 0 Å². The number of amidine groups is 1. The highest BCUT2D eigenvalue weighted by molar-refractivity contribution is 5.82. The van der Waals surface area contributed by atoms with Crippen LogP contribution in [0, 0.1) is 17.8 Å². The summed E-state index contributed by atoms with van der Waals surface area (Å²) in [6.07, 6.45) is 6.84. The van der Waals surface area contributed by atoms with Crippen LogP contribution in [0.3, 0.4) is 0 Å². The number of aliphatic imine (C=N–C) groups is 1. The molecular weight excluding hydrogens is 186 g/mol. The van der Waals surface area contributed by atoms with E-state index in [0.29, 0.717) is 6.04 Å². The summed E-state index contributed by atoms with van der Waals surface area (Å²) in [5.41, 5.74) is 2.77. The molecule has 15 heavy (non-hydrogen) atoms. The Morgan fingerprint density at radius 3 is 2.67 bits per heavy atom. The van der Waals surface area contributed by atoms with Crippen LogP contribution in [-0.4, -0.2) is 11.9 Å². The van der Waals surface area contributed by atoms with Gasteiger partial charge in [-0.3, -0.25) is 4.99 Å². The third-order valence-electron chi connectivity index (χ3n) is 3.92. The normalized spacial score (nSPS) is 35.2. The molecule has 2 rings (SSSR count). The van der Waals surface area contributed by atoms with Crippen molar-refractivity contribution in [2.75, 3.05) is 0 Å². The van der Waals surface area contributed by atoms with Crippen LogP contribution in [0.2, 0.25) is 0 Å². The maximum atomic E-state index is 5.52. The molecule has 0 amide bonds. The lowest BCUT2D eigenvalue weighted by Gasteiger charge is -2.22. The highest BCUT2D eigenvalue weighted by Crippen LogP contribution is 2.49. The lowest BCUT2D eigenvalue weighted by molar-refractivity contribution is 0.340. The van der Waals surface area contributed by atoms with E-state index in [4.69, 9.17) is 5.84 Å². The molecule has 2 bridgehead atoms. The van der Waals surface area contributed by atoms with Crippen molar-refractivity contribution >= 4 is 5.84 Å². The minimum atomic E-state index is 0.342. The van der Waals surface area contributed by atoms with Gasteiger partial charge < -0.3 is 5.43 Å². The molecule has 3 N–H and O–H groups in total. The first kappa shape index (κ1) is 10.9. The van der Waals surface area contributed by atoms with Gasteiger partial charge in [0, 0.05) is 12.5 Å². The third-order valence-corrected chi connectivity index (χ3v) is 3.92. The largest absolute Gasteiger partial charge is 0.312 e. The molecule has 0 saturated heterocycles. The molecule has 3 unspecified atom stereocenters. The summed E-state index contributed by atoms with van der Waals surface area (Å²) in [6, 6.07) is 0.342. The number of rotatable bonds is 3. The van der Waals surface area contributed by atoms with E-state index in [1.54, 1.807) is 0 Å². The summed E-state index contributed by atoms with van der Waals surface area (Å²) < 4.78 is 0. The third kappa shape index (κ3) is 2.51. The van der Waals surface area contributed by atoms with Crippen molar-refractivity contribution in [1.29, 1.82) is 0 Å². The number of hydrogen-bond acceptors (Lipinski definition) is 2. The van der Waals surface area contributed by atoms with Crippen LogP contribution in [0.1, 0.15) is 46.0 Å². The Morgan fingerprint density at radius 1 is 1.40 bits per heavy atom. The minimum Gasteiger partial charge on any atom is -0.312 e. The molecule has 3 heteroatoms. The van der Waals surface area contributed by atoms with Crippen molar-refractivity contribution in [2.45, 2.75) is 52.0 Å². The SMILES string of the molecule is CC(C)N=C(CC1CC2CCC1C2)NN. The zero-order valence-corrected chi connectivity index (χ0v) is 9.87. The summed E-state index contributed by atoms with van der Waals surface area (Å²) in [5, 5.41) is 0. The first-order valence-corrected chi connectivity index (χ1v) is 6.22. The molecule has 0 aromatic carbocycles. The van der Waals surface area contributed by atoms with Gasteiger partial charge in [-0.15, -0.1) is 0 Å². The Kier molecular flexibility index (Phi) is 3.29. The second-order valence-corrected chi connectivity index (χ2v) is 5.45. The average Bonchev–Trinajstić information content (AvgIpc) is 2.77. The standard InChI is InChI=1S/C12H23N3/c1-8(2)14-12(15-13)7-11-6-9-3-4-10(11)5-9/h8-11H,3-7,13H2,1-2H3,(H,14,15). The highest BCUT2D eigenvalue weighted by atomic mass is 15.3. The first-order valence-electron chi connectivity index (χ1n) is 6.22. The van der Waals surface area contributed by atoms with Crippen molar-refractivity contribution < 1.29 is 0 Å². The van der Waals surface area contributed by atoms with Crippen LogP contribution in [-0.2, 0) is 0 Å². The van der Waals surface area contributed by atoms with E-state index in [1.807, 2.05) is 0 Å². The summed E-state index contributed by atoms with van der Waals surface area (Å²) in [4.78, 5) is 4.52. The van der Waals surface area contributed by atoms with E-state index in [2.05, 4.69) is 24.3 Å². The second-order valence-electron chi connectivity index (χ2n) is 5.45. The number of hydrazine groups is 1. The summed E-state index contributed by atoms with van der Waals surface area (Å²) >= 11 is 0. The quantitative estimate of drug-likeness (QED) is 0.323. The van der Waals surface area contributed by atoms with Crippen LogP contribution in [0.4, 0.5) is 0 Å². The molecule has 86 valence electrons. The molecule has 0 heterocycles. The topological polar surface area (TPSA) is 50.4 Å². The number of nitrogens with zero attached hydrogens (tertiary/aromatic N) is 1. The van der Waals surface area contributed by atoms with Gasteiger partial charge >= 0.3 is 0 Å². The molecule has 0 aromatic rings. The number of nitrogens with one attached hydrogen (secondary N) is 1.